The fraction of sp³-hybridized carbons (Fsp3) is 0.333. The molecule has 0 fully saturated rings. The van der Waals surface area contributed by atoms with Crippen LogP contribution in [0.3, 0.4) is 0 Å². The van der Waals surface area contributed by atoms with Gasteiger partial charge in [0.1, 0.15) is 5.75 Å². The molecule has 0 aliphatic carbocycles. The zero-order chi connectivity index (χ0) is 15.4. The molecule has 0 aliphatic rings. The van der Waals surface area contributed by atoms with Crippen molar-refractivity contribution in [3.63, 3.8) is 0 Å². The maximum absolute atomic E-state index is 6.45. The number of methoxy groups -OCH3 is 1. The summed E-state index contributed by atoms with van der Waals surface area (Å²) in [5.74, 6) is 0.777. The second-order valence-corrected chi connectivity index (χ2v) is 5.65. The molecule has 3 heteroatoms. The number of nitrogens with one attached hydrogen (secondary N) is 1. The van der Waals surface area contributed by atoms with Crippen LogP contribution in [0.5, 0.6) is 5.75 Å². The van der Waals surface area contributed by atoms with E-state index in [4.69, 9.17) is 16.3 Å². The first-order chi connectivity index (χ1) is 10.1. The lowest BCUT2D eigenvalue weighted by Gasteiger charge is -2.22. The van der Waals surface area contributed by atoms with Crippen molar-refractivity contribution in [3.05, 3.63) is 63.7 Å². The Hall–Kier alpha value is -1.51. The average molecular weight is 304 g/mol. The van der Waals surface area contributed by atoms with Crippen molar-refractivity contribution in [2.45, 2.75) is 26.8 Å². The number of ether oxygens (including phenoxy) is 1. The predicted molar refractivity (Wildman–Crippen MR) is 89.4 cm³/mol. The fourth-order valence-electron chi connectivity index (χ4n) is 2.61. The molecule has 0 saturated carbocycles. The van der Waals surface area contributed by atoms with E-state index in [-0.39, 0.29) is 6.04 Å². The summed E-state index contributed by atoms with van der Waals surface area (Å²) in [5.41, 5.74) is 4.88. The summed E-state index contributed by atoms with van der Waals surface area (Å²) in [7, 11) is 1.65. The van der Waals surface area contributed by atoms with Crippen molar-refractivity contribution in [1.29, 1.82) is 0 Å². The minimum Gasteiger partial charge on any atom is -0.497 e. The van der Waals surface area contributed by atoms with Gasteiger partial charge in [-0.25, -0.2) is 0 Å². The normalized spacial score (nSPS) is 12.2. The monoisotopic (exact) mass is 303 g/mol. The smallest absolute Gasteiger partial charge is 0.120 e. The van der Waals surface area contributed by atoms with E-state index < -0.39 is 0 Å². The van der Waals surface area contributed by atoms with Gasteiger partial charge in [-0.3, -0.25) is 0 Å². The third kappa shape index (κ3) is 3.58. The minimum absolute atomic E-state index is 0.0917. The van der Waals surface area contributed by atoms with Crippen molar-refractivity contribution < 1.29 is 4.74 Å². The first-order valence-corrected chi connectivity index (χ1v) is 7.58. The van der Waals surface area contributed by atoms with E-state index in [1.54, 1.807) is 7.11 Å². The van der Waals surface area contributed by atoms with Gasteiger partial charge in [0.05, 0.1) is 13.2 Å². The van der Waals surface area contributed by atoms with E-state index in [0.717, 1.165) is 22.9 Å². The lowest BCUT2D eigenvalue weighted by molar-refractivity contribution is 0.414. The second kappa shape index (κ2) is 6.97. The molecule has 2 aromatic carbocycles. The molecule has 0 heterocycles. The fourth-order valence-corrected chi connectivity index (χ4v) is 2.89. The Kier molecular flexibility index (Phi) is 5.27. The lowest BCUT2D eigenvalue weighted by Crippen LogP contribution is -2.23. The molecule has 0 spiro atoms. The van der Waals surface area contributed by atoms with E-state index in [1.165, 1.54) is 16.7 Å². The Morgan fingerprint density at radius 2 is 1.81 bits per heavy atom. The molecule has 112 valence electrons. The SMILES string of the molecule is CCNC(c1ccc(C)cc1C)c1ccc(OC)cc1Cl. The van der Waals surface area contributed by atoms with Gasteiger partial charge in [-0.2, -0.15) is 0 Å². The maximum Gasteiger partial charge on any atom is 0.120 e. The van der Waals surface area contributed by atoms with Crippen LogP contribution < -0.4 is 10.1 Å². The van der Waals surface area contributed by atoms with Gasteiger partial charge in [0.25, 0.3) is 0 Å². The zero-order valence-electron chi connectivity index (χ0n) is 13.0. The molecular weight excluding hydrogens is 282 g/mol. The average Bonchev–Trinajstić information content (AvgIpc) is 2.46. The molecule has 2 rings (SSSR count). The largest absolute Gasteiger partial charge is 0.497 e. The van der Waals surface area contributed by atoms with Crippen molar-refractivity contribution in [2.24, 2.45) is 0 Å². The third-order valence-electron chi connectivity index (χ3n) is 3.66. The standard InChI is InChI=1S/C18H22ClNO/c1-5-20-18(15-8-6-12(2)10-13(15)3)16-9-7-14(21-4)11-17(16)19/h6-11,18,20H,5H2,1-4H3. The van der Waals surface area contributed by atoms with E-state index in [0.29, 0.717) is 0 Å². The molecule has 21 heavy (non-hydrogen) atoms. The van der Waals surface area contributed by atoms with Gasteiger partial charge >= 0.3 is 0 Å². The Balaban J connectivity index is 2.48. The molecule has 1 N–H and O–H groups in total. The summed E-state index contributed by atoms with van der Waals surface area (Å²) < 4.78 is 5.23. The molecule has 0 aromatic heterocycles. The summed E-state index contributed by atoms with van der Waals surface area (Å²) in [4.78, 5) is 0. The quantitative estimate of drug-likeness (QED) is 0.867. The number of hydrogen-bond acceptors (Lipinski definition) is 2. The molecule has 2 aromatic rings. The number of aryl methyl sites for hydroxylation is 2. The minimum atomic E-state index is 0.0917. The topological polar surface area (TPSA) is 21.3 Å². The van der Waals surface area contributed by atoms with Crippen LogP contribution in [0.2, 0.25) is 5.02 Å². The van der Waals surface area contributed by atoms with Crippen LogP contribution >= 0.6 is 11.6 Å². The van der Waals surface area contributed by atoms with Crippen molar-refractivity contribution in [3.8, 4) is 5.75 Å². The Bertz CT molecular complexity index is 625. The van der Waals surface area contributed by atoms with Gasteiger partial charge < -0.3 is 10.1 Å². The van der Waals surface area contributed by atoms with Crippen LogP contribution in [0, 0.1) is 13.8 Å². The van der Waals surface area contributed by atoms with Gasteiger partial charge in [-0.1, -0.05) is 48.4 Å². The van der Waals surface area contributed by atoms with Gasteiger partial charge in [0.2, 0.25) is 0 Å². The predicted octanol–water partition coefficient (Wildman–Crippen LogP) is 4.66. The first kappa shape index (κ1) is 15.9. The van der Waals surface area contributed by atoms with Crippen LogP contribution in [0.15, 0.2) is 36.4 Å². The number of hydrogen-bond donors (Lipinski definition) is 1. The van der Waals surface area contributed by atoms with Gasteiger partial charge in [0, 0.05) is 5.02 Å². The van der Waals surface area contributed by atoms with Crippen molar-refractivity contribution in [1.82, 2.24) is 5.32 Å². The summed E-state index contributed by atoms with van der Waals surface area (Å²) >= 11 is 6.45. The van der Waals surface area contributed by atoms with E-state index >= 15 is 0 Å². The van der Waals surface area contributed by atoms with Crippen molar-refractivity contribution >= 4 is 11.6 Å². The molecule has 0 radical (unpaired) electrons. The number of halogens is 1. The number of benzene rings is 2. The molecule has 0 bridgehead atoms. The Morgan fingerprint density at radius 1 is 1.10 bits per heavy atom. The summed E-state index contributed by atoms with van der Waals surface area (Å²) in [6, 6.07) is 12.5. The summed E-state index contributed by atoms with van der Waals surface area (Å²) in [6.07, 6.45) is 0. The molecule has 2 nitrogen and oxygen atoms in total. The summed E-state index contributed by atoms with van der Waals surface area (Å²) in [6.45, 7) is 7.23. The molecule has 1 unspecified atom stereocenters. The van der Waals surface area contributed by atoms with Crippen LogP contribution in [-0.2, 0) is 0 Å². The molecule has 1 atom stereocenters. The summed E-state index contributed by atoms with van der Waals surface area (Å²) in [5, 5.41) is 4.25. The zero-order valence-corrected chi connectivity index (χ0v) is 13.8. The highest BCUT2D eigenvalue weighted by molar-refractivity contribution is 6.31. The van der Waals surface area contributed by atoms with E-state index in [2.05, 4.69) is 44.3 Å². The highest BCUT2D eigenvalue weighted by atomic mass is 35.5. The van der Waals surface area contributed by atoms with Crippen LogP contribution in [0.1, 0.15) is 35.2 Å². The van der Waals surface area contributed by atoms with Crippen LogP contribution in [0.25, 0.3) is 0 Å². The lowest BCUT2D eigenvalue weighted by atomic mass is 9.93. The third-order valence-corrected chi connectivity index (χ3v) is 3.99. The Morgan fingerprint density at radius 3 is 2.38 bits per heavy atom. The highest BCUT2D eigenvalue weighted by Gasteiger charge is 2.18. The number of rotatable bonds is 5. The van der Waals surface area contributed by atoms with Gasteiger partial charge in [-0.15, -0.1) is 0 Å². The second-order valence-electron chi connectivity index (χ2n) is 5.24. The van der Waals surface area contributed by atoms with Gasteiger partial charge in [0.15, 0.2) is 0 Å². The maximum atomic E-state index is 6.45. The Labute approximate surface area is 132 Å². The highest BCUT2D eigenvalue weighted by Crippen LogP contribution is 2.32. The molecule has 0 amide bonds. The van der Waals surface area contributed by atoms with Crippen molar-refractivity contribution in [2.75, 3.05) is 13.7 Å². The molecular formula is C18H22ClNO. The van der Waals surface area contributed by atoms with Crippen LogP contribution in [-0.4, -0.2) is 13.7 Å². The van der Waals surface area contributed by atoms with E-state index in [9.17, 15) is 0 Å². The van der Waals surface area contributed by atoms with Crippen LogP contribution in [0.4, 0.5) is 0 Å². The van der Waals surface area contributed by atoms with E-state index in [1.807, 2.05) is 18.2 Å². The molecule has 0 saturated heterocycles. The molecule has 0 aliphatic heterocycles. The van der Waals surface area contributed by atoms with Gasteiger partial charge in [-0.05, 0) is 49.2 Å². The first-order valence-electron chi connectivity index (χ1n) is 7.20.